The fraction of sp³-hybridized carbons (Fsp3) is 0.263. The van der Waals surface area contributed by atoms with Crippen molar-refractivity contribution in [2.24, 2.45) is 0 Å². The third kappa shape index (κ3) is 2.67. The second-order valence-electron chi connectivity index (χ2n) is 5.83. The van der Waals surface area contributed by atoms with E-state index in [4.69, 9.17) is 0 Å². The molecule has 0 radical (unpaired) electrons. The molecule has 1 aliphatic heterocycles. The van der Waals surface area contributed by atoms with Gasteiger partial charge < -0.3 is 4.90 Å². The Morgan fingerprint density at radius 2 is 1.86 bits per heavy atom. The monoisotopic (exact) mass is 293 g/mol. The van der Waals surface area contributed by atoms with Crippen molar-refractivity contribution in [3.63, 3.8) is 0 Å². The average molecular weight is 293 g/mol. The van der Waals surface area contributed by atoms with Crippen molar-refractivity contribution in [1.29, 1.82) is 0 Å². The standard InChI is InChI=1S/C19H19NO2/c1-13-5-3-6-17(11-13)19(22)20-10-4-7-16-12-15(14(2)21)8-9-18(16)20/h3,5-6,8-9,11-12H,4,7,10H2,1-2H3. The highest BCUT2D eigenvalue weighted by atomic mass is 16.2. The maximum Gasteiger partial charge on any atom is 0.258 e. The van der Waals surface area contributed by atoms with Gasteiger partial charge >= 0.3 is 0 Å². The fourth-order valence-corrected chi connectivity index (χ4v) is 2.96. The molecule has 0 fully saturated rings. The van der Waals surface area contributed by atoms with Crippen molar-refractivity contribution in [1.82, 2.24) is 0 Å². The molecule has 112 valence electrons. The van der Waals surface area contributed by atoms with E-state index in [0.29, 0.717) is 11.1 Å². The lowest BCUT2D eigenvalue weighted by atomic mass is 9.97. The van der Waals surface area contributed by atoms with Crippen LogP contribution in [-0.2, 0) is 6.42 Å². The van der Waals surface area contributed by atoms with Gasteiger partial charge in [0.25, 0.3) is 5.91 Å². The topological polar surface area (TPSA) is 37.4 Å². The summed E-state index contributed by atoms with van der Waals surface area (Å²) in [5.41, 5.74) is 4.52. The molecular formula is C19H19NO2. The molecule has 0 N–H and O–H groups in total. The number of hydrogen-bond donors (Lipinski definition) is 0. The molecule has 0 aromatic heterocycles. The predicted molar refractivity (Wildman–Crippen MR) is 87.6 cm³/mol. The summed E-state index contributed by atoms with van der Waals surface area (Å²) in [6, 6.07) is 13.3. The molecule has 22 heavy (non-hydrogen) atoms. The van der Waals surface area contributed by atoms with Crippen molar-refractivity contribution in [2.45, 2.75) is 26.7 Å². The van der Waals surface area contributed by atoms with Crippen LogP contribution in [0.4, 0.5) is 5.69 Å². The van der Waals surface area contributed by atoms with Gasteiger partial charge in [-0.3, -0.25) is 9.59 Å². The molecule has 0 aliphatic carbocycles. The highest BCUT2D eigenvalue weighted by Crippen LogP contribution is 2.29. The van der Waals surface area contributed by atoms with Gasteiger partial charge in [0, 0.05) is 23.4 Å². The summed E-state index contributed by atoms with van der Waals surface area (Å²) in [5.74, 6) is 0.0881. The fourth-order valence-electron chi connectivity index (χ4n) is 2.96. The van der Waals surface area contributed by atoms with Crippen molar-refractivity contribution < 1.29 is 9.59 Å². The molecule has 0 saturated carbocycles. The van der Waals surface area contributed by atoms with Crippen molar-refractivity contribution in [3.05, 3.63) is 64.7 Å². The van der Waals surface area contributed by atoms with Gasteiger partial charge in [0.2, 0.25) is 0 Å². The number of aryl methyl sites for hydroxylation is 2. The minimum Gasteiger partial charge on any atom is -0.308 e. The van der Waals surface area contributed by atoms with Crippen LogP contribution in [0.3, 0.4) is 0 Å². The molecule has 2 aromatic carbocycles. The van der Waals surface area contributed by atoms with E-state index in [1.54, 1.807) is 6.92 Å². The first kappa shape index (κ1) is 14.5. The summed E-state index contributed by atoms with van der Waals surface area (Å²) < 4.78 is 0. The van der Waals surface area contributed by atoms with E-state index in [9.17, 15) is 9.59 Å². The van der Waals surface area contributed by atoms with Crippen LogP contribution in [0.15, 0.2) is 42.5 Å². The predicted octanol–water partition coefficient (Wildman–Crippen LogP) is 3.79. The van der Waals surface area contributed by atoms with Gasteiger partial charge in [-0.05, 0) is 62.6 Å². The second kappa shape index (κ2) is 5.76. The summed E-state index contributed by atoms with van der Waals surface area (Å²) >= 11 is 0. The number of benzene rings is 2. The highest BCUT2D eigenvalue weighted by molar-refractivity contribution is 6.07. The largest absolute Gasteiger partial charge is 0.308 e. The molecule has 0 atom stereocenters. The van der Waals surface area contributed by atoms with E-state index in [-0.39, 0.29) is 11.7 Å². The Kier molecular flexibility index (Phi) is 3.80. The van der Waals surface area contributed by atoms with Gasteiger partial charge in [-0.25, -0.2) is 0 Å². The van der Waals surface area contributed by atoms with Gasteiger partial charge in [0.1, 0.15) is 0 Å². The molecule has 0 unspecified atom stereocenters. The second-order valence-corrected chi connectivity index (χ2v) is 5.83. The van der Waals surface area contributed by atoms with Crippen LogP contribution < -0.4 is 4.90 Å². The number of amides is 1. The quantitative estimate of drug-likeness (QED) is 0.790. The number of Topliss-reactive ketones (excluding diaryl/α,β-unsaturated/α-hetero) is 1. The van der Waals surface area contributed by atoms with Crippen LogP contribution in [0.5, 0.6) is 0 Å². The maximum absolute atomic E-state index is 12.8. The van der Waals surface area contributed by atoms with E-state index < -0.39 is 0 Å². The normalized spacial score (nSPS) is 13.6. The molecule has 1 heterocycles. The van der Waals surface area contributed by atoms with Crippen LogP contribution in [0.25, 0.3) is 0 Å². The van der Waals surface area contributed by atoms with Gasteiger partial charge in [-0.1, -0.05) is 17.7 Å². The van der Waals surface area contributed by atoms with Gasteiger partial charge in [0.05, 0.1) is 0 Å². The third-order valence-electron chi connectivity index (χ3n) is 4.11. The molecule has 3 rings (SSSR count). The molecule has 0 bridgehead atoms. The Hall–Kier alpha value is -2.42. The smallest absolute Gasteiger partial charge is 0.258 e. The van der Waals surface area contributed by atoms with Crippen LogP contribution in [0.2, 0.25) is 0 Å². The summed E-state index contributed by atoms with van der Waals surface area (Å²) in [6.45, 7) is 4.28. The van der Waals surface area contributed by atoms with E-state index in [1.165, 1.54) is 0 Å². The van der Waals surface area contributed by atoms with Crippen LogP contribution in [0.1, 0.15) is 45.2 Å². The van der Waals surface area contributed by atoms with Gasteiger partial charge in [-0.15, -0.1) is 0 Å². The average Bonchev–Trinajstić information content (AvgIpc) is 2.53. The van der Waals surface area contributed by atoms with Crippen molar-refractivity contribution >= 4 is 17.4 Å². The summed E-state index contributed by atoms with van der Waals surface area (Å²) in [7, 11) is 0. The molecule has 2 aromatic rings. The molecular weight excluding hydrogens is 274 g/mol. The van der Waals surface area contributed by atoms with E-state index >= 15 is 0 Å². The Morgan fingerprint density at radius 3 is 2.59 bits per heavy atom. The first-order valence-electron chi connectivity index (χ1n) is 7.58. The number of ketones is 1. The Balaban J connectivity index is 1.98. The SMILES string of the molecule is CC(=O)c1ccc2c(c1)CCCN2C(=O)c1cccc(C)c1. The van der Waals surface area contributed by atoms with E-state index in [0.717, 1.165) is 36.2 Å². The summed E-state index contributed by atoms with van der Waals surface area (Å²) in [6.07, 6.45) is 1.83. The Labute approximate surface area is 130 Å². The maximum atomic E-state index is 12.8. The number of anilines is 1. The van der Waals surface area contributed by atoms with Gasteiger partial charge in [0.15, 0.2) is 5.78 Å². The molecule has 3 heteroatoms. The Morgan fingerprint density at radius 1 is 1.05 bits per heavy atom. The van der Waals surface area contributed by atoms with Crippen LogP contribution >= 0.6 is 0 Å². The highest BCUT2D eigenvalue weighted by Gasteiger charge is 2.24. The molecule has 0 saturated heterocycles. The molecule has 1 aliphatic rings. The summed E-state index contributed by atoms with van der Waals surface area (Å²) in [4.78, 5) is 26.1. The number of hydrogen-bond acceptors (Lipinski definition) is 2. The van der Waals surface area contributed by atoms with Crippen molar-refractivity contribution in [2.75, 3.05) is 11.4 Å². The van der Waals surface area contributed by atoms with Crippen molar-refractivity contribution in [3.8, 4) is 0 Å². The zero-order valence-corrected chi connectivity index (χ0v) is 12.9. The number of carbonyl (C=O) groups excluding carboxylic acids is 2. The number of nitrogens with zero attached hydrogens (tertiary/aromatic N) is 1. The minimum atomic E-state index is 0.0280. The first-order valence-corrected chi connectivity index (χ1v) is 7.58. The lowest BCUT2D eigenvalue weighted by Gasteiger charge is -2.30. The molecule has 1 amide bonds. The van der Waals surface area contributed by atoms with Gasteiger partial charge in [-0.2, -0.15) is 0 Å². The van der Waals surface area contributed by atoms with E-state index in [2.05, 4.69) is 0 Å². The van der Waals surface area contributed by atoms with Crippen LogP contribution in [0, 0.1) is 6.92 Å². The first-order chi connectivity index (χ1) is 10.6. The third-order valence-corrected chi connectivity index (χ3v) is 4.11. The molecule has 0 spiro atoms. The number of carbonyl (C=O) groups is 2. The zero-order valence-electron chi connectivity index (χ0n) is 12.9. The van der Waals surface area contributed by atoms with E-state index in [1.807, 2.05) is 54.3 Å². The lowest BCUT2D eigenvalue weighted by Crippen LogP contribution is -2.35. The molecule has 3 nitrogen and oxygen atoms in total. The summed E-state index contributed by atoms with van der Waals surface area (Å²) in [5, 5.41) is 0. The number of rotatable bonds is 2. The minimum absolute atomic E-state index is 0.0280. The Bertz CT molecular complexity index is 749. The van der Waals surface area contributed by atoms with Crippen LogP contribution in [-0.4, -0.2) is 18.2 Å². The lowest BCUT2D eigenvalue weighted by molar-refractivity contribution is 0.0984. The zero-order chi connectivity index (χ0) is 15.7. The number of fused-ring (bicyclic) bond motifs is 1.